The molecule has 0 atom stereocenters. The van der Waals surface area contributed by atoms with Crippen molar-refractivity contribution in [3.8, 4) is 12.3 Å². The molecule has 90 valence electrons. The Balaban J connectivity index is 2.00. The summed E-state index contributed by atoms with van der Waals surface area (Å²) >= 11 is 3.41. The van der Waals surface area contributed by atoms with Crippen LogP contribution in [-0.4, -0.2) is 18.0 Å². The van der Waals surface area contributed by atoms with Crippen LogP contribution in [0, 0.1) is 18.3 Å². The zero-order valence-corrected chi connectivity index (χ0v) is 11.4. The lowest BCUT2D eigenvalue weighted by Gasteiger charge is -2.19. The molecule has 1 aromatic rings. The Hall–Kier alpha value is -0.980. The first-order valence-corrected chi connectivity index (χ1v) is 6.68. The number of terminal acetylenes is 1. The molecule has 0 bridgehead atoms. The molecule has 1 fully saturated rings. The third-order valence-electron chi connectivity index (χ3n) is 2.99. The summed E-state index contributed by atoms with van der Waals surface area (Å²) in [6.45, 7) is 2.71. The first-order chi connectivity index (χ1) is 8.19. The van der Waals surface area contributed by atoms with E-state index in [0.717, 1.165) is 29.2 Å². The van der Waals surface area contributed by atoms with E-state index in [4.69, 9.17) is 12.2 Å². The molecule has 0 radical (unpaired) electrons. The Labute approximate surface area is 111 Å². The van der Waals surface area contributed by atoms with Crippen LogP contribution in [0.1, 0.15) is 18.4 Å². The Kier molecular flexibility index (Phi) is 4.09. The van der Waals surface area contributed by atoms with Gasteiger partial charge in [-0.1, -0.05) is 12.0 Å². The summed E-state index contributed by atoms with van der Waals surface area (Å²) in [6, 6.07) is 6.10. The van der Waals surface area contributed by atoms with Gasteiger partial charge in [0, 0.05) is 23.2 Å². The maximum Gasteiger partial charge on any atom is 0.0601 e. The summed E-state index contributed by atoms with van der Waals surface area (Å²) in [5, 5.41) is 0. The number of halogens is 1. The standard InChI is InChI=1S/C14H17BrN2/c1-2-7-17(9-11-3-4-11)10-12-5-6-13(15)14(16)8-12/h1,5-6,8,11H,3-4,7,9-10,16H2. The maximum absolute atomic E-state index is 5.88. The molecule has 3 heteroatoms. The number of rotatable bonds is 5. The molecular formula is C14H17BrN2. The fraction of sp³-hybridized carbons (Fsp3) is 0.429. The minimum absolute atomic E-state index is 0.715. The summed E-state index contributed by atoms with van der Waals surface area (Å²) in [5.41, 5.74) is 7.89. The van der Waals surface area contributed by atoms with E-state index in [2.05, 4.69) is 32.8 Å². The van der Waals surface area contributed by atoms with Crippen molar-refractivity contribution < 1.29 is 0 Å². The molecule has 2 nitrogen and oxygen atoms in total. The van der Waals surface area contributed by atoms with Crippen molar-refractivity contribution in [2.24, 2.45) is 5.92 Å². The second kappa shape index (κ2) is 5.57. The Morgan fingerprint density at radius 2 is 2.24 bits per heavy atom. The molecule has 1 aliphatic rings. The molecular weight excluding hydrogens is 276 g/mol. The SMILES string of the molecule is C#CCN(Cc1ccc(Br)c(N)c1)CC1CC1. The summed E-state index contributed by atoms with van der Waals surface area (Å²) in [4.78, 5) is 2.32. The molecule has 1 aromatic carbocycles. The molecule has 0 amide bonds. The number of hydrogen-bond donors (Lipinski definition) is 1. The van der Waals surface area contributed by atoms with Crippen molar-refractivity contribution in [2.45, 2.75) is 19.4 Å². The van der Waals surface area contributed by atoms with Crippen molar-refractivity contribution >= 4 is 21.6 Å². The predicted molar refractivity (Wildman–Crippen MR) is 75.4 cm³/mol. The van der Waals surface area contributed by atoms with Crippen LogP contribution >= 0.6 is 15.9 Å². The van der Waals surface area contributed by atoms with Crippen molar-refractivity contribution in [3.63, 3.8) is 0 Å². The van der Waals surface area contributed by atoms with Crippen LogP contribution in [0.15, 0.2) is 22.7 Å². The molecule has 0 aromatic heterocycles. The number of nitrogens with zero attached hydrogens (tertiary/aromatic N) is 1. The first kappa shape index (κ1) is 12.5. The van der Waals surface area contributed by atoms with Gasteiger partial charge in [0.1, 0.15) is 0 Å². The van der Waals surface area contributed by atoms with Gasteiger partial charge < -0.3 is 5.73 Å². The lowest BCUT2D eigenvalue weighted by atomic mass is 10.2. The van der Waals surface area contributed by atoms with Gasteiger partial charge in [-0.3, -0.25) is 4.90 Å². The lowest BCUT2D eigenvalue weighted by Crippen LogP contribution is -2.26. The van der Waals surface area contributed by atoms with Gasteiger partial charge in [-0.25, -0.2) is 0 Å². The average molecular weight is 293 g/mol. The number of benzene rings is 1. The highest BCUT2D eigenvalue weighted by molar-refractivity contribution is 9.10. The zero-order valence-electron chi connectivity index (χ0n) is 9.82. The van der Waals surface area contributed by atoms with Crippen LogP contribution in [0.2, 0.25) is 0 Å². The van der Waals surface area contributed by atoms with Crippen LogP contribution in [0.3, 0.4) is 0 Å². The van der Waals surface area contributed by atoms with Crippen molar-refractivity contribution in [1.82, 2.24) is 4.90 Å². The van der Waals surface area contributed by atoms with Crippen LogP contribution in [0.25, 0.3) is 0 Å². The number of nitrogen functional groups attached to an aromatic ring is 1. The molecule has 0 saturated heterocycles. The van der Waals surface area contributed by atoms with Gasteiger partial charge in [0.15, 0.2) is 0 Å². The van der Waals surface area contributed by atoms with Crippen LogP contribution in [0.5, 0.6) is 0 Å². The van der Waals surface area contributed by atoms with Crippen molar-refractivity contribution in [3.05, 3.63) is 28.2 Å². The second-order valence-corrected chi connectivity index (χ2v) is 5.53. The van der Waals surface area contributed by atoms with Gasteiger partial charge >= 0.3 is 0 Å². The normalized spacial score (nSPS) is 14.9. The van der Waals surface area contributed by atoms with E-state index >= 15 is 0 Å². The highest BCUT2D eigenvalue weighted by atomic mass is 79.9. The van der Waals surface area contributed by atoms with Gasteiger partial charge in [-0.05, 0) is 52.4 Å². The van der Waals surface area contributed by atoms with E-state index in [0.29, 0.717) is 6.54 Å². The average Bonchev–Trinajstić information content (AvgIpc) is 3.08. The topological polar surface area (TPSA) is 29.3 Å². The highest BCUT2D eigenvalue weighted by Crippen LogP contribution is 2.30. The Morgan fingerprint density at radius 3 is 2.82 bits per heavy atom. The minimum atomic E-state index is 0.715. The highest BCUT2D eigenvalue weighted by Gasteiger charge is 2.23. The van der Waals surface area contributed by atoms with Crippen molar-refractivity contribution in [2.75, 3.05) is 18.8 Å². The smallest absolute Gasteiger partial charge is 0.0601 e. The van der Waals surface area contributed by atoms with E-state index in [9.17, 15) is 0 Å². The molecule has 2 N–H and O–H groups in total. The van der Waals surface area contributed by atoms with Crippen molar-refractivity contribution in [1.29, 1.82) is 0 Å². The van der Waals surface area contributed by atoms with Crippen LogP contribution in [-0.2, 0) is 6.54 Å². The number of hydrogen-bond acceptors (Lipinski definition) is 2. The van der Waals surface area contributed by atoms with Crippen LogP contribution < -0.4 is 5.73 Å². The van der Waals surface area contributed by atoms with Gasteiger partial charge in [0.2, 0.25) is 0 Å². The Morgan fingerprint density at radius 1 is 1.47 bits per heavy atom. The van der Waals surface area contributed by atoms with Gasteiger partial charge in [0.25, 0.3) is 0 Å². The van der Waals surface area contributed by atoms with Crippen LogP contribution in [0.4, 0.5) is 5.69 Å². The van der Waals surface area contributed by atoms with Gasteiger partial charge in [0.05, 0.1) is 6.54 Å². The fourth-order valence-corrected chi connectivity index (χ4v) is 2.18. The molecule has 1 saturated carbocycles. The summed E-state index contributed by atoms with van der Waals surface area (Å²) < 4.78 is 0.951. The van der Waals surface area contributed by atoms with E-state index in [1.54, 1.807) is 0 Å². The Bertz CT molecular complexity index is 432. The molecule has 0 unspecified atom stereocenters. The zero-order chi connectivity index (χ0) is 12.3. The molecule has 0 aliphatic heterocycles. The first-order valence-electron chi connectivity index (χ1n) is 5.88. The summed E-state index contributed by atoms with van der Waals surface area (Å²) in [6.07, 6.45) is 8.11. The van der Waals surface area contributed by atoms with Gasteiger partial charge in [-0.2, -0.15) is 0 Å². The van der Waals surface area contributed by atoms with E-state index in [-0.39, 0.29) is 0 Å². The molecule has 0 spiro atoms. The molecule has 1 aliphatic carbocycles. The lowest BCUT2D eigenvalue weighted by molar-refractivity contribution is 0.286. The maximum atomic E-state index is 5.88. The number of anilines is 1. The number of nitrogens with two attached hydrogens (primary N) is 1. The largest absolute Gasteiger partial charge is 0.398 e. The van der Waals surface area contributed by atoms with E-state index in [1.165, 1.54) is 18.4 Å². The van der Waals surface area contributed by atoms with Gasteiger partial charge in [-0.15, -0.1) is 6.42 Å². The molecule has 2 rings (SSSR count). The summed E-state index contributed by atoms with van der Waals surface area (Å²) in [7, 11) is 0. The third-order valence-corrected chi connectivity index (χ3v) is 3.72. The fourth-order valence-electron chi connectivity index (χ4n) is 1.93. The third kappa shape index (κ3) is 3.76. The second-order valence-electron chi connectivity index (χ2n) is 4.67. The van der Waals surface area contributed by atoms with E-state index in [1.807, 2.05) is 12.1 Å². The molecule has 0 heterocycles. The quantitative estimate of drug-likeness (QED) is 0.668. The predicted octanol–water partition coefficient (Wildman–Crippen LogP) is 2.88. The monoisotopic (exact) mass is 292 g/mol. The molecule has 17 heavy (non-hydrogen) atoms. The summed E-state index contributed by atoms with van der Waals surface area (Å²) in [5.74, 6) is 3.59. The minimum Gasteiger partial charge on any atom is -0.398 e. The van der Waals surface area contributed by atoms with E-state index < -0.39 is 0 Å².